The van der Waals surface area contributed by atoms with Gasteiger partial charge in [0.25, 0.3) is 0 Å². The van der Waals surface area contributed by atoms with E-state index < -0.39 is 0 Å². The second-order valence-corrected chi connectivity index (χ2v) is 13.3. The van der Waals surface area contributed by atoms with Crippen molar-refractivity contribution in [1.29, 1.82) is 0 Å². The van der Waals surface area contributed by atoms with Crippen LogP contribution >= 0.6 is 29.7 Å². The van der Waals surface area contributed by atoms with Gasteiger partial charge in [0.1, 0.15) is 0 Å². The van der Waals surface area contributed by atoms with E-state index in [1.807, 2.05) is 0 Å². The molecule has 58 heavy (non-hydrogen) atoms. The highest BCUT2D eigenvalue weighted by Gasteiger charge is 2.02. The number of nitrogens with one attached hydrogen (secondary N) is 3. The molecule has 0 saturated heterocycles. The van der Waals surface area contributed by atoms with Crippen molar-refractivity contribution in [2.45, 2.75) is 60.2 Å². The van der Waals surface area contributed by atoms with E-state index in [1.165, 1.54) is 44.5 Å². The molecule has 13 N–H and O–H groups in total. The first-order valence-corrected chi connectivity index (χ1v) is 20.2. The quantitative estimate of drug-likeness (QED) is 0.0372. The lowest BCUT2D eigenvalue weighted by Gasteiger charge is -2.20. The van der Waals surface area contributed by atoms with Gasteiger partial charge in [0.15, 0.2) is 0 Å². The number of nitrogens with zero attached hydrogens (tertiary/aromatic N) is 1. The fraction of sp³-hybridized carbons (Fsp3) is 0.455. The normalized spacial score (nSPS) is 9.62. The van der Waals surface area contributed by atoms with Gasteiger partial charge in [-0.05, 0) is 69.3 Å². The molecule has 0 amide bonds. The molecule has 4 aromatic rings. The molecule has 4 rings (SSSR count). The topological polar surface area (TPSA) is 186 Å². The van der Waals surface area contributed by atoms with Gasteiger partial charge in [0.2, 0.25) is 10.1 Å². The molecule has 0 aliphatic rings. The van der Waals surface area contributed by atoms with Crippen molar-refractivity contribution in [2.24, 2.45) is 28.7 Å². The molecule has 14 heteroatoms. The summed E-state index contributed by atoms with van der Waals surface area (Å²) in [5.74, 6) is 0. The standard InChI is InChI=1S/C14H26N4.C12H21N3.C10H15N.C8H11N.H2OSi.3H3P/c1-13-2-4-14(5-3-13)12-17-8-11-18(9-6-15)10-7-16;1-11-2-4-12(5-3-11)10-15-9-8-14-7-6-13;1-9-4-6-10(7-5-9)3-2-8-11;1-7-2-4-8(6-9)5-3-7;1-2;;;/h2-5,17H,6-12,15-16H2,1H3;2-5,14-15H,6-10,13H2,1H3;4-7H,2-3,8,11H2,1H3;2-5H,6,9H2,1H3;2H2;3*1H3. The van der Waals surface area contributed by atoms with Crippen LogP contribution < -0.4 is 44.6 Å². The smallest absolute Gasteiger partial charge is 0.245 e. The summed E-state index contributed by atoms with van der Waals surface area (Å²) in [6, 6.07) is 34.1. The van der Waals surface area contributed by atoms with Crippen molar-refractivity contribution >= 4 is 39.8 Å². The molecular formula is C44H84N9OP3Si. The number of rotatable bonds is 20. The minimum atomic E-state index is 0. The fourth-order valence-electron chi connectivity index (χ4n) is 5.00. The Morgan fingerprint density at radius 2 is 0.793 bits per heavy atom. The summed E-state index contributed by atoms with van der Waals surface area (Å²) in [4.78, 5) is 2.29. The van der Waals surface area contributed by atoms with E-state index >= 15 is 0 Å². The first kappa shape index (κ1) is 62.5. The Morgan fingerprint density at radius 3 is 1.16 bits per heavy atom. The lowest BCUT2D eigenvalue weighted by Crippen LogP contribution is -2.38. The largest absolute Gasteiger partial charge is 0.396 e. The van der Waals surface area contributed by atoms with Crippen LogP contribution in [0.1, 0.15) is 50.9 Å². The maximum Gasteiger partial charge on any atom is 0.245 e. The van der Waals surface area contributed by atoms with Crippen molar-refractivity contribution in [3.8, 4) is 0 Å². The van der Waals surface area contributed by atoms with Gasteiger partial charge in [-0.3, -0.25) is 4.90 Å². The maximum absolute atomic E-state index is 8.28. The van der Waals surface area contributed by atoms with E-state index in [0.29, 0.717) is 36.3 Å². The third kappa shape index (κ3) is 35.7. The molecule has 0 aliphatic carbocycles. The molecule has 0 heterocycles. The minimum Gasteiger partial charge on any atom is -0.396 e. The zero-order valence-corrected chi connectivity index (χ0v) is 42.3. The Morgan fingerprint density at radius 1 is 0.431 bits per heavy atom. The van der Waals surface area contributed by atoms with E-state index in [2.05, 4.69) is 146 Å². The molecule has 0 aromatic heterocycles. The maximum atomic E-state index is 8.28. The van der Waals surface area contributed by atoms with Crippen LogP contribution in [-0.4, -0.2) is 87.0 Å². The first-order valence-electron chi connectivity index (χ1n) is 19.6. The zero-order chi connectivity index (χ0) is 40.9. The predicted molar refractivity (Wildman–Crippen MR) is 272 cm³/mol. The summed E-state index contributed by atoms with van der Waals surface area (Å²) in [6.45, 7) is 20.4. The molecule has 330 valence electrons. The molecule has 0 spiro atoms. The molecular weight excluding hydrogens is 792 g/mol. The highest BCUT2D eigenvalue weighted by molar-refractivity contribution is 6.92. The summed E-state index contributed by atoms with van der Waals surface area (Å²) < 4.78 is 8.28. The predicted octanol–water partition coefficient (Wildman–Crippen LogP) is 3.42. The number of benzene rings is 4. The number of aryl methyl sites for hydroxylation is 5. The second kappa shape index (κ2) is 44.4. The molecule has 0 aliphatic heterocycles. The molecule has 4 aromatic carbocycles. The van der Waals surface area contributed by atoms with E-state index in [1.54, 1.807) is 0 Å². The van der Waals surface area contributed by atoms with Crippen LogP contribution in [0, 0.1) is 27.7 Å². The Balaban J connectivity index is -0.000000333. The average molecular weight is 876 g/mol. The van der Waals surface area contributed by atoms with Crippen molar-refractivity contribution in [3.63, 3.8) is 0 Å². The van der Waals surface area contributed by atoms with Gasteiger partial charge in [-0.2, -0.15) is 29.7 Å². The molecule has 3 unspecified atom stereocenters. The van der Waals surface area contributed by atoms with E-state index in [4.69, 9.17) is 33.1 Å². The summed E-state index contributed by atoms with van der Waals surface area (Å²) in [7, 11) is 0.611. The van der Waals surface area contributed by atoms with Crippen LogP contribution in [0.5, 0.6) is 0 Å². The van der Waals surface area contributed by atoms with Crippen molar-refractivity contribution < 1.29 is 4.46 Å². The average Bonchev–Trinajstić information content (AvgIpc) is 3.21. The van der Waals surface area contributed by atoms with Crippen molar-refractivity contribution in [2.75, 3.05) is 72.0 Å². The second-order valence-electron chi connectivity index (χ2n) is 13.3. The third-order valence-electron chi connectivity index (χ3n) is 8.34. The molecule has 0 radical (unpaired) electrons. The third-order valence-corrected chi connectivity index (χ3v) is 8.34. The Bertz CT molecular complexity index is 1420. The Labute approximate surface area is 366 Å². The minimum absolute atomic E-state index is 0. The van der Waals surface area contributed by atoms with Crippen LogP contribution in [0.2, 0.25) is 0 Å². The van der Waals surface area contributed by atoms with Crippen molar-refractivity contribution in [1.82, 2.24) is 20.9 Å². The van der Waals surface area contributed by atoms with Gasteiger partial charge >= 0.3 is 0 Å². The molecule has 0 fully saturated rings. The SMILES string of the molecule is Cc1ccc(CCCN)cc1.Cc1ccc(CN)cc1.Cc1ccc(CNCCN(CCN)CCN)cc1.Cc1ccc(CNCCNCCN)cc1.O=[SiH2].P.P.P. The van der Waals surface area contributed by atoms with Crippen LogP contribution in [0.15, 0.2) is 97.1 Å². The van der Waals surface area contributed by atoms with Crippen LogP contribution in [0.4, 0.5) is 0 Å². The first-order chi connectivity index (χ1) is 26.7. The van der Waals surface area contributed by atoms with Crippen LogP contribution in [-0.2, 0) is 30.5 Å². The summed E-state index contributed by atoms with van der Waals surface area (Å²) in [5, 5.41) is 10.1. The Kier molecular flexibility index (Phi) is 47.8. The number of hydrogen-bond acceptors (Lipinski definition) is 10. The van der Waals surface area contributed by atoms with Gasteiger partial charge in [-0.1, -0.05) is 119 Å². The highest BCUT2D eigenvalue weighted by Crippen LogP contribution is 2.05. The number of nitrogens with two attached hydrogens (primary N) is 5. The molecule has 0 saturated carbocycles. The number of hydrogen-bond donors (Lipinski definition) is 8. The van der Waals surface area contributed by atoms with Gasteiger partial charge in [-0.15, -0.1) is 0 Å². The zero-order valence-electron chi connectivity index (χ0n) is 36.6. The van der Waals surface area contributed by atoms with Crippen molar-refractivity contribution in [3.05, 3.63) is 142 Å². The lowest BCUT2D eigenvalue weighted by molar-refractivity contribution is 0.287. The van der Waals surface area contributed by atoms with Gasteiger partial charge in [0, 0.05) is 85.1 Å². The summed E-state index contributed by atoms with van der Waals surface area (Å²) in [6.07, 6.45) is 2.19. The van der Waals surface area contributed by atoms with Gasteiger partial charge in [-0.25, -0.2) is 0 Å². The Hall–Kier alpha value is -2.17. The van der Waals surface area contributed by atoms with Gasteiger partial charge in [0.05, 0.1) is 0 Å². The van der Waals surface area contributed by atoms with Crippen LogP contribution in [0.25, 0.3) is 0 Å². The summed E-state index contributed by atoms with van der Waals surface area (Å²) >= 11 is 0. The fourth-order valence-corrected chi connectivity index (χ4v) is 5.00. The monoisotopic (exact) mass is 876 g/mol. The molecule has 3 atom stereocenters. The van der Waals surface area contributed by atoms with E-state index in [9.17, 15) is 0 Å². The summed E-state index contributed by atoms with van der Waals surface area (Å²) in [5.41, 5.74) is 37.8. The molecule has 0 bridgehead atoms. The van der Waals surface area contributed by atoms with Gasteiger partial charge < -0.3 is 49.1 Å². The molecule has 10 nitrogen and oxygen atoms in total. The van der Waals surface area contributed by atoms with E-state index in [0.717, 1.165) is 78.3 Å². The van der Waals surface area contributed by atoms with Crippen LogP contribution in [0.3, 0.4) is 0 Å². The van der Waals surface area contributed by atoms with E-state index in [-0.39, 0.29) is 29.7 Å². The lowest BCUT2D eigenvalue weighted by atomic mass is 10.1. The highest BCUT2D eigenvalue weighted by atomic mass is 31.0.